The Kier molecular flexibility index (Phi) is 4.53. The molecule has 0 aliphatic rings. The molecule has 3 amide bonds. The van der Waals surface area contributed by atoms with E-state index in [2.05, 4.69) is 5.32 Å². The maximum Gasteiger partial charge on any atom is 0.420 e. The summed E-state index contributed by atoms with van der Waals surface area (Å²) in [6, 6.07) is 9.09. The number of urea groups is 1. The molecular formula is C16H11ClFN3O4. The maximum absolute atomic E-state index is 13.5. The van der Waals surface area contributed by atoms with Gasteiger partial charge in [-0.15, -0.1) is 0 Å². The van der Waals surface area contributed by atoms with Crippen molar-refractivity contribution in [2.75, 3.05) is 5.32 Å². The molecule has 0 saturated carbocycles. The van der Waals surface area contributed by atoms with E-state index in [0.717, 1.165) is 4.57 Å². The Morgan fingerprint density at radius 2 is 1.96 bits per heavy atom. The first-order valence-electron chi connectivity index (χ1n) is 7.08. The predicted octanol–water partition coefficient (Wildman–Crippen LogP) is 2.74. The molecule has 25 heavy (non-hydrogen) atoms. The molecular weight excluding hydrogens is 353 g/mol. The van der Waals surface area contributed by atoms with Gasteiger partial charge in [0.2, 0.25) is 5.91 Å². The van der Waals surface area contributed by atoms with Gasteiger partial charge in [0.05, 0.1) is 11.2 Å². The molecule has 1 heterocycles. The zero-order valence-corrected chi connectivity index (χ0v) is 13.3. The Bertz CT molecular complexity index is 1030. The Morgan fingerprint density at radius 1 is 1.20 bits per heavy atom. The molecule has 3 aromatic rings. The van der Waals surface area contributed by atoms with Gasteiger partial charge in [-0.3, -0.25) is 14.7 Å². The quantitative estimate of drug-likeness (QED) is 0.748. The van der Waals surface area contributed by atoms with Crippen LogP contribution < -0.4 is 16.4 Å². The SMILES string of the molecule is O=C(Cn1c(=O)oc2cc(Cl)ccc21)NC(=O)Nc1ccccc1F. The highest BCUT2D eigenvalue weighted by Crippen LogP contribution is 2.18. The van der Waals surface area contributed by atoms with Gasteiger partial charge in [-0.25, -0.2) is 14.0 Å². The van der Waals surface area contributed by atoms with Crippen molar-refractivity contribution < 1.29 is 18.4 Å². The zero-order chi connectivity index (χ0) is 18.0. The van der Waals surface area contributed by atoms with E-state index in [-0.39, 0.29) is 11.3 Å². The molecule has 128 valence electrons. The number of carbonyl (C=O) groups excluding carboxylic acids is 2. The Balaban J connectivity index is 1.71. The number of anilines is 1. The Morgan fingerprint density at radius 3 is 2.72 bits per heavy atom. The molecule has 0 atom stereocenters. The first-order chi connectivity index (χ1) is 11.9. The number of nitrogens with one attached hydrogen (secondary N) is 2. The highest BCUT2D eigenvalue weighted by Gasteiger charge is 2.15. The van der Waals surface area contributed by atoms with Crippen LogP contribution in [-0.4, -0.2) is 16.5 Å². The van der Waals surface area contributed by atoms with Gasteiger partial charge in [0.1, 0.15) is 12.4 Å². The highest BCUT2D eigenvalue weighted by molar-refractivity contribution is 6.31. The number of hydrogen-bond acceptors (Lipinski definition) is 4. The van der Waals surface area contributed by atoms with Gasteiger partial charge in [-0.1, -0.05) is 23.7 Å². The Hall–Kier alpha value is -3.13. The van der Waals surface area contributed by atoms with E-state index < -0.39 is 30.1 Å². The molecule has 7 nitrogen and oxygen atoms in total. The lowest BCUT2D eigenvalue weighted by atomic mass is 10.3. The zero-order valence-electron chi connectivity index (χ0n) is 12.6. The number of carbonyl (C=O) groups is 2. The van der Waals surface area contributed by atoms with Crippen molar-refractivity contribution in [1.29, 1.82) is 0 Å². The summed E-state index contributed by atoms with van der Waals surface area (Å²) < 4.78 is 19.5. The second-order valence-electron chi connectivity index (χ2n) is 5.05. The standard InChI is InChI=1S/C16H11ClFN3O4/c17-9-5-6-12-13(7-9)25-16(24)21(12)8-14(22)20-15(23)19-11-4-2-1-3-10(11)18/h1-7H,8H2,(H2,19,20,22,23). The number of oxazole rings is 1. The molecule has 2 aromatic carbocycles. The molecule has 1 aromatic heterocycles. The largest absolute Gasteiger partial charge is 0.420 e. The first-order valence-corrected chi connectivity index (χ1v) is 7.46. The minimum Gasteiger partial charge on any atom is -0.408 e. The molecule has 3 rings (SSSR count). The smallest absolute Gasteiger partial charge is 0.408 e. The average Bonchev–Trinajstić information content (AvgIpc) is 2.84. The summed E-state index contributed by atoms with van der Waals surface area (Å²) in [5, 5.41) is 4.60. The normalized spacial score (nSPS) is 10.6. The second-order valence-corrected chi connectivity index (χ2v) is 5.48. The fourth-order valence-electron chi connectivity index (χ4n) is 2.22. The van der Waals surface area contributed by atoms with Crippen molar-refractivity contribution in [3.05, 3.63) is 63.9 Å². The summed E-state index contributed by atoms with van der Waals surface area (Å²) in [5.74, 6) is -2.17. The average molecular weight is 364 g/mol. The van der Waals surface area contributed by atoms with Crippen LogP contribution in [0.3, 0.4) is 0 Å². The number of hydrogen-bond donors (Lipinski definition) is 2. The van der Waals surface area contributed by atoms with Crippen molar-refractivity contribution in [2.24, 2.45) is 0 Å². The topological polar surface area (TPSA) is 93.3 Å². The van der Waals surface area contributed by atoms with Gasteiger partial charge in [-0.05, 0) is 24.3 Å². The molecule has 0 unspecified atom stereocenters. The second kappa shape index (κ2) is 6.78. The van der Waals surface area contributed by atoms with Crippen molar-refractivity contribution in [1.82, 2.24) is 9.88 Å². The third-order valence-electron chi connectivity index (χ3n) is 3.31. The molecule has 2 N–H and O–H groups in total. The van der Waals surface area contributed by atoms with Crippen molar-refractivity contribution >= 4 is 40.3 Å². The van der Waals surface area contributed by atoms with E-state index in [4.69, 9.17) is 16.0 Å². The summed E-state index contributed by atoms with van der Waals surface area (Å²) in [6.45, 7) is -0.446. The minimum atomic E-state index is -0.918. The van der Waals surface area contributed by atoms with Crippen LogP contribution in [0.25, 0.3) is 11.1 Å². The molecule has 0 aliphatic carbocycles. The fourth-order valence-corrected chi connectivity index (χ4v) is 2.38. The van der Waals surface area contributed by atoms with Gasteiger partial charge in [0.15, 0.2) is 5.58 Å². The fraction of sp³-hybridized carbons (Fsp3) is 0.0625. The van der Waals surface area contributed by atoms with Gasteiger partial charge in [-0.2, -0.15) is 0 Å². The summed E-state index contributed by atoms with van der Waals surface area (Å²) >= 11 is 5.81. The van der Waals surface area contributed by atoms with E-state index in [1.54, 1.807) is 0 Å². The van der Waals surface area contributed by atoms with Gasteiger partial charge < -0.3 is 9.73 Å². The summed E-state index contributed by atoms with van der Waals surface area (Å²) in [7, 11) is 0. The lowest BCUT2D eigenvalue weighted by Gasteiger charge is -2.07. The van der Waals surface area contributed by atoms with Crippen LogP contribution >= 0.6 is 11.6 Å². The summed E-state index contributed by atoms with van der Waals surface area (Å²) in [4.78, 5) is 35.6. The number of aromatic nitrogens is 1. The van der Waals surface area contributed by atoms with Crippen molar-refractivity contribution in [2.45, 2.75) is 6.54 Å². The van der Waals surface area contributed by atoms with Crippen LogP contribution in [0, 0.1) is 5.82 Å². The van der Waals surface area contributed by atoms with Gasteiger partial charge in [0, 0.05) is 11.1 Å². The van der Waals surface area contributed by atoms with Crippen LogP contribution in [0.15, 0.2) is 51.7 Å². The summed E-state index contributed by atoms with van der Waals surface area (Å²) in [5.41, 5.74) is 0.508. The van der Waals surface area contributed by atoms with Crippen LogP contribution in [0.5, 0.6) is 0 Å². The third-order valence-corrected chi connectivity index (χ3v) is 3.54. The van der Waals surface area contributed by atoms with Crippen molar-refractivity contribution in [3.63, 3.8) is 0 Å². The molecule has 9 heteroatoms. The Labute approximate surface area is 145 Å². The third kappa shape index (κ3) is 3.69. The number of nitrogens with zero attached hydrogens (tertiary/aromatic N) is 1. The number of amides is 3. The van der Waals surface area contributed by atoms with Crippen LogP contribution in [0.4, 0.5) is 14.9 Å². The van der Waals surface area contributed by atoms with Crippen LogP contribution in [-0.2, 0) is 11.3 Å². The molecule has 0 saturated heterocycles. The van der Waals surface area contributed by atoms with E-state index in [9.17, 15) is 18.8 Å². The highest BCUT2D eigenvalue weighted by atomic mass is 35.5. The van der Waals surface area contributed by atoms with E-state index >= 15 is 0 Å². The van der Waals surface area contributed by atoms with E-state index in [0.29, 0.717) is 10.5 Å². The van der Waals surface area contributed by atoms with E-state index in [1.165, 1.54) is 42.5 Å². The summed E-state index contributed by atoms with van der Waals surface area (Å²) in [6.07, 6.45) is 0. The number of rotatable bonds is 3. The predicted molar refractivity (Wildman–Crippen MR) is 89.0 cm³/mol. The number of para-hydroxylation sites is 1. The molecule has 0 fully saturated rings. The van der Waals surface area contributed by atoms with Gasteiger partial charge >= 0.3 is 11.8 Å². The lowest BCUT2D eigenvalue weighted by molar-refractivity contribution is -0.120. The molecule has 0 spiro atoms. The van der Waals surface area contributed by atoms with E-state index in [1.807, 2.05) is 5.32 Å². The number of halogens is 2. The van der Waals surface area contributed by atoms with Crippen LogP contribution in [0.1, 0.15) is 0 Å². The number of imide groups is 1. The molecule has 0 radical (unpaired) electrons. The van der Waals surface area contributed by atoms with Crippen molar-refractivity contribution in [3.8, 4) is 0 Å². The van der Waals surface area contributed by atoms with Crippen LogP contribution in [0.2, 0.25) is 5.02 Å². The molecule has 0 aliphatic heterocycles. The monoisotopic (exact) mass is 363 g/mol. The maximum atomic E-state index is 13.5. The minimum absolute atomic E-state index is 0.0756. The molecule has 0 bridgehead atoms. The lowest BCUT2D eigenvalue weighted by Crippen LogP contribution is -2.38. The number of benzene rings is 2. The van der Waals surface area contributed by atoms with Gasteiger partial charge in [0.25, 0.3) is 0 Å². The number of fused-ring (bicyclic) bond motifs is 1. The first kappa shape index (κ1) is 16.7.